The summed E-state index contributed by atoms with van der Waals surface area (Å²) in [5.74, 6) is -0.488. The molecule has 1 heterocycles. The Balaban J connectivity index is 1.87. The number of benzene rings is 2. The van der Waals surface area contributed by atoms with Gasteiger partial charge in [-0.3, -0.25) is 4.98 Å². The zero-order chi connectivity index (χ0) is 14.8. The number of rotatable bonds is 3. The number of phenols is 1. The zero-order valence-corrected chi connectivity index (χ0v) is 11.5. The Morgan fingerprint density at radius 3 is 2.81 bits per heavy atom. The Hall–Kier alpha value is -2.62. The number of hydrogen-bond donors (Lipinski definition) is 2. The Morgan fingerprint density at radius 2 is 2.00 bits per heavy atom. The maximum atomic E-state index is 13.8. The Kier molecular flexibility index (Phi) is 3.44. The van der Waals surface area contributed by atoms with Crippen LogP contribution in [0.2, 0.25) is 0 Å². The first-order chi connectivity index (χ1) is 10.1. The summed E-state index contributed by atoms with van der Waals surface area (Å²) in [7, 11) is 0. The van der Waals surface area contributed by atoms with E-state index in [0.717, 1.165) is 22.7 Å². The molecule has 0 fully saturated rings. The number of pyridine rings is 1. The van der Waals surface area contributed by atoms with E-state index in [1.165, 1.54) is 6.07 Å². The number of phenolic OH excluding ortho intramolecular Hbond substituents is 1. The van der Waals surface area contributed by atoms with Crippen molar-refractivity contribution in [3.8, 4) is 5.75 Å². The lowest BCUT2D eigenvalue weighted by Gasteiger charge is -2.17. The summed E-state index contributed by atoms with van der Waals surface area (Å²) in [5.41, 5.74) is 2.33. The predicted molar refractivity (Wildman–Crippen MR) is 81.8 cm³/mol. The van der Waals surface area contributed by atoms with Crippen LogP contribution in [-0.2, 0) is 0 Å². The number of hydrogen-bond acceptors (Lipinski definition) is 3. The smallest absolute Gasteiger partial charge is 0.132 e. The fourth-order valence-electron chi connectivity index (χ4n) is 2.36. The number of halogens is 1. The van der Waals surface area contributed by atoms with Crippen molar-refractivity contribution in [3.05, 3.63) is 66.1 Å². The summed E-state index contributed by atoms with van der Waals surface area (Å²) in [6.07, 6.45) is 1.75. The Bertz CT molecular complexity index is 789. The number of nitrogens with zero attached hydrogens (tertiary/aromatic N) is 1. The predicted octanol–water partition coefficient (Wildman–Crippen LogP) is 4.25. The van der Waals surface area contributed by atoms with Crippen LogP contribution in [0.4, 0.5) is 10.1 Å². The van der Waals surface area contributed by atoms with Crippen LogP contribution < -0.4 is 5.32 Å². The van der Waals surface area contributed by atoms with Crippen molar-refractivity contribution < 1.29 is 9.50 Å². The molecule has 0 saturated carbocycles. The molecule has 3 aromatic rings. The van der Waals surface area contributed by atoms with Crippen LogP contribution in [0.1, 0.15) is 18.5 Å². The van der Waals surface area contributed by atoms with Gasteiger partial charge in [0.2, 0.25) is 0 Å². The maximum absolute atomic E-state index is 13.8. The van der Waals surface area contributed by atoms with Crippen molar-refractivity contribution in [2.24, 2.45) is 0 Å². The Morgan fingerprint density at radius 1 is 1.14 bits per heavy atom. The molecular weight excluding hydrogens is 267 g/mol. The molecule has 0 saturated heterocycles. The normalized spacial score (nSPS) is 12.3. The lowest BCUT2D eigenvalue weighted by Crippen LogP contribution is -2.08. The number of aromatic nitrogens is 1. The average molecular weight is 282 g/mol. The van der Waals surface area contributed by atoms with Crippen molar-refractivity contribution in [1.82, 2.24) is 4.98 Å². The van der Waals surface area contributed by atoms with Gasteiger partial charge in [0, 0.05) is 28.9 Å². The van der Waals surface area contributed by atoms with E-state index in [1.807, 2.05) is 37.3 Å². The van der Waals surface area contributed by atoms with Crippen LogP contribution >= 0.6 is 0 Å². The second-order valence-corrected chi connectivity index (χ2v) is 4.98. The molecule has 0 aliphatic carbocycles. The van der Waals surface area contributed by atoms with Gasteiger partial charge in [-0.1, -0.05) is 12.1 Å². The second kappa shape index (κ2) is 5.40. The molecular formula is C17H15FN2O. The Labute approximate surface area is 122 Å². The summed E-state index contributed by atoms with van der Waals surface area (Å²) in [6.45, 7) is 1.88. The summed E-state index contributed by atoms with van der Waals surface area (Å²) in [6, 6.07) is 13.7. The van der Waals surface area contributed by atoms with E-state index in [-0.39, 0.29) is 11.8 Å². The molecule has 0 bridgehead atoms. The quantitative estimate of drug-likeness (QED) is 0.754. The van der Waals surface area contributed by atoms with Crippen LogP contribution in [0.25, 0.3) is 10.9 Å². The van der Waals surface area contributed by atoms with Gasteiger partial charge < -0.3 is 10.4 Å². The topological polar surface area (TPSA) is 45.2 Å². The fourth-order valence-corrected chi connectivity index (χ4v) is 2.36. The molecule has 2 N–H and O–H groups in total. The number of anilines is 1. The van der Waals surface area contributed by atoms with Crippen LogP contribution in [0, 0.1) is 5.82 Å². The van der Waals surface area contributed by atoms with E-state index in [1.54, 1.807) is 12.3 Å². The van der Waals surface area contributed by atoms with E-state index >= 15 is 0 Å². The maximum Gasteiger partial charge on any atom is 0.132 e. The second-order valence-electron chi connectivity index (χ2n) is 4.98. The molecule has 0 radical (unpaired) electrons. The lowest BCUT2D eigenvalue weighted by atomic mass is 10.1. The summed E-state index contributed by atoms with van der Waals surface area (Å²) in [4.78, 5) is 4.27. The molecule has 21 heavy (non-hydrogen) atoms. The van der Waals surface area contributed by atoms with Crippen molar-refractivity contribution in [3.63, 3.8) is 0 Å². The van der Waals surface area contributed by atoms with Crippen LogP contribution in [0.5, 0.6) is 5.75 Å². The summed E-state index contributed by atoms with van der Waals surface area (Å²) < 4.78 is 13.8. The molecule has 0 spiro atoms. The van der Waals surface area contributed by atoms with Gasteiger partial charge in [-0.05, 0) is 37.3 Å². The van der Waals surface area contributed by atoms with E-state index in [9.17, 15) is 9.50 Å². The van der Waals surface area contributed by atoms with Crippen LogP contribution in [0.3, 0.4) is 0 Å². The van der Waals surface area contributed by atoms with E-state index in [4.69, 9.17) is 0 Å². The molecule has 1 unspecified atom stereocenters. The molecule has 1 atom stereocenters. The SMILES string of the molecule is CC(Nc1ccc2ncccc2c1)c1ccc(O)cc1F. The van der Waals surface area contributed by atoms with Gasteiger partial charge in [0.05, 0.1) is 11.6 Å². The van der Waals surface area contributed by atoms with Gasteiger partial charge in [-0.15, -0.1) is 0 Å². The molecule has 4 heteroatoms. The monoisotopic (exact) mass is 282 g/mol. The molecule has 0 amide bonds. The van der Waals surface area contributed by atoms with Gasteiger partial charge in [-0.25, -0.2) is 4.39 Å². The van der Waals surface area contributed by atoms with Gasteiger partial charge in [0.25, 0.3) is 0 Å². The third kappa shape index (κ3) is 2.79. The largest absolute Gasteiger partial charge is 0.508 e. The molecule has 3 nitrogen and oxygen atoms in total. The van der Waals surface area contributed by atoms with Gasteiger partial charge in [-0.2, -0.15) is 0 Å². The van der Waals surface area contributed by atoms with Crippen LogP contribution in [-0.4, -0.2) is 10.1 Å². The molecule has 1 aromatic heterocycles. The minimum absolute atomic E-state index is 0.0692. The number of fused-ring (bicyclic) bond motifs is 1. The van der Waals surface area contributed by atoms with E-state index < -0.39 is 5.82 Å². The van der Waals surface area contributed by atoms with Gasteiger partial charge in [0.1, 0.15) is 11.6 Å². The highest BCUT2D eigenvalue weighted by Crippen LogP contribution is 2.25. The summed E-state index contributed by atoms with van der Waals surface area (Å²) in [5, 5.41) is 13.5. The number of nitrogens with one attached hydrogen (secondary N) is 1. The number of aromatic hydroxyl groups is 1. The minimum atomic E-state index is -0.419. The van der Waals surface area contributed by atoms with Gasteiger partial charge in [0.15, 0.2) is 0 Å². The minimum Gasteiger partial charge on any atom is -0.508 e. The van der Waals surface area contributed by atoms with Crippen LogP contribution in [0.15, 0.2) is 54.7 Å². The standard InChI is InChI=1S/C17H15FN2O/c1-11(15-6-5-14(21)10-16(15)18)20-13-4-7-17-12(9-13)3-2-8-19-17/h2-11,20-21H,1H3. The third-order valence-electron chi connectivity index (χ3n) is 3.44. The molecule has 2 aromatic carbocycles. The molecule has 3 rings (SSSR count). The highest BCUT2D eigenvalue weighted by Gasteiger charge is 2.11. The fraction of sp³-hybridized carbons (Fsp3) is 0.118. The van der Waals surface area contributed by atoms with Crippen molar-refractivity contribution in [2.75, 3.05) is 5.32 Å². The lowest BCUT2D eigenvalue weighted by molar-refractivity contribution is 0.467. The van der Waals surface area contributed by atoms with E-state index in [2.05, 4.69) is 10.3 Å². The molecule has 106 valence electrons. The molecule has 0 aliphatic heterocycles. The van der Waals surface area contributed by atoms with Crippen molar-refractivity contribution in [2.45, 2.75) is 13.0 Å². The third-order valence-corrected chi connectivity index (χ3v) is 3.44. The first-order valence-electron chi connectivity index (χ1n) is 6.73. The first kappa shape index (κ1) is 13.4. The van der Waals surface area contributed by atoms with Gasteiger partial charge >= 0.3 is 0 Å². The first-order valence-corrected chi connectivity index (χ1v) is 6.73. The summed E-state index contributed by atoms with van der Waals surface area (Å²) >= 11 is 0. The zero-order valence-electron chi connectivity index (χ0n) is 11.5. The van der Waals surface area contributed by atoms with Crippen molar-refractivity contribution in [1.29, 1.82) is 0 Å². The molecule has 0 aliphatic rings. The highest BCUT2D eigenvalue weighted by molar-refractivity contribution is 5.82. The highest BCUT2D eigenvalue weighted by atomic mass is 19.1. The average Bonchev–Trinajstić information content (AvgIpc) is 2.47. The van der Waals surface area contributed by atoms with Crippen molar-refractivity contribution >= 4 is 16.6 Å². The van der Waals surface area contributed by atoms with E-state index in [0.29, 0.717) is 5.56 Å².